The number of rotatable bonds is 5. The van der Waals surface area contributed by atoms with Crippen LogP contribution in [0.3, 0.4) is 0 Å². The van der Waals surface area contributed by atoms with Gasteiger partial charge >= 0.3 is 0 Å². The molecule has 0 saturated carbocycles. The normalized spacial score (nSPS) is 10.8. The Labute approximate surface area is 141 Å². The first-order valence-corrected chi connectivity index (χ1v) is 7.61. The van der Waals surface area contributed by atoms with Gasteiger partial charge in [0.2, 0.25) is 0 Å². The standard InChI is InChI=1S/C18H19ClN2O2/c1-12-8-13(2)18(14(3)9-12)23-11-17(22)21-20-10-15-4-6-16(19)7-5-15/h4-10H,11H2,1-3H3,(H,21,22). The van der Waals surface area contributed by atoms with Crippen LogP contribution < -0.4 is 10.2 Å². The van der Waals surface area contributed by atoms with Gasteiger partial charge in [-0.2, -0.15) is 5.10 Å². The predicted octanol–water partition coefficient (Wildman–Crippen LogP) is 3.79. The highest BCUT2D eigenvalue weighted by Crippen LogP contribution is 2.24. The number of ether oxygens (including phenoxy) is 1. The van der Waals surface area contributed by atoms with Crippen molar-refractivity contribution in [2.75, 3.05) is 6.61 Å². The second-order valence-corrected chi connectivity index (χ2v) is 5.80. The van der Waals surface area contributed by atoms with Crippen LogP contribution in [0, 0.1) is 20.8 Å². The average molecular weight is 331 g/mol. The molecule has 0 radical (unpaired) electrons. The Morgan fingerprint density at radius 1 is 1.17 bits per heavy atom. The van der Waals surface area contributed by atoms with Gasteiger partial charge in [0.1, 0.15) is 5.75 Å². The zero-order chi connectivity index (χ0) is 16.8. The van der Waals surface area contributed by atoms with Gasteiger partial charge < -0.3 is 4.74 Å². The Bertz CT molecular complexity index is 701. The molecule has 0 aliphatic rings. The van der Waals surface area contributed by atoms with E-state index in [0.29, 0.717) is 5.02 Å². The maximum atomic E-state index is 11.8. The maximum absolute atomic E-state index is 11.8. The van der Waals surface area contributed by atoms with E-state index in [2.05, 4.69) is 10.5 Å². The summed E-state index contributed by atoms with van der Waals surface area (Å²) in [6.45, 7) is 5.88. The van der Waals surface area contributed by atoms with Gasteiger partial charge in [-0.25, -0.2) is 5.43 Å². The van der Waals surface area contributed by atoms with Gasteiger partial charge in [-0.05, 0) is 49.6 Å². The summed E-state index contributed by atoms with van der Waals surface area (Å²) >= 11 is 5.80. The van der Waals surface area contributed by atoms with Crippen LogP contribution in [0.1, 0.15) is 22.3 Å². The third-order valence-electron chi connectivity index (χ3n) is 3.23. The van der Waals surface area contributed by atoms with Gasteiger partial charge in [-0.1, -0.05) is 41.4 Å². The van der Waals surface area contributed by atoms with E-state index in [1.807, 2.05) is 45.0 Å². The largest absolute Gasteiger partial charge is 0.483 e. The number of carbonyl (C=O) groups excluding carboxylic acids is 1. The molecule has 4 nitrogen and oxygen atoms in total. The summed E-state index contributed by atoms with van der Waals surface area (Å²) in [7, 11) is 0. The van der Waals surface area contributed by atoms with Crippen molar-refractivity contribution >= 4 is 23.7 Å². The Morgan fingerprint density at radius 3 is 2.39 bits per heavy atom. The van der Waals surface area contributed by atoms with E-state index in [0.717, 1.165) is 22.4 Å². The molecule has 0 aliphatic carbocycles. The van der Waals surface area contributed by atoms with Crippen LogP contribution in [0.5, 0.6) is 5.75 Å². The zero-order valence-electron chi connectivity index (χ0n) is 13.4. The highest BCUT2D eigenvalue weighted by molar-refractivity contribution is 6.30. The summed E-state index contributed by atoms with van der Waals surface area (Å²) in [5, 5.41) is 4.55. The topological polar surface area (TPSA) is 50.7 Å². The molecule has 5 heteroatoms. The second-order valence-electron chi connectivity index (χ2n) is 5.36. The molecule has 120 valence electrons. The number of hydrogen-bond donors (Lipinski definition) is 1. The van der Waals surface area contributed by atoms with Crippen molar-refractivity contribution < 1.29 is 9.53 Å². The van der Waals surface area contributed by atoms with Gasteiger partial charge in [-0.3, -0.25) is 4.79 Å². The monoisotopic (exact) mass is 330 g/mol. The molecule has 2 rings (SSSR count). The fourth-order valence-electron chi connectivity index (χ4n) is 2.29. The summed E-state index contributed by atoms with van der Waals surface area (Å²) in [6.07, 6.45) is 1.55. The SMILES string of the molecule is Cc1cc(C)c(OCC(=O)NN=Cc2ccc(Cl)cc2)c(C)c1. The highest BCUT2D eigenvalue weighted by atomic mass is 35.5. The van der Waals surface area contributed by atoms with Crippen LogP contribution in [-0.4, -0.2) is 18.7 Å². The minimum absolute atomic E-state index is 0.0807. The molecule has 0 aromatic heterocycles. The first-order valence-electron chi connectivity index (χ1n) is 7.24. The van der Waals surface area contributed by atoms with Gasteiger partial charge in [0.05, 0.1) is 6.21 Å². The third kappa shape index (κ3) is 5.11. The number of hydrazone groups is 1. The minimum Gasteiger partial charge on any atom is -0.483 e. The lowest BCUT2D eigenvalue weighted by Crippen LogP contribution is -2.25. The van der Waals surface area contributed by atoms with E-state index in [4.69, 9.17) is 16.3 Å². The van der Waals surface area contributed by atoms with Crippen LogP contribution in [-0.2, 0) is 4.79 Å². The van der Waals surface area contributed by atoms with E-state index in [1.54, 1.807) is 18.3 Å². The molecule has 1 amide bonds. The lowest BCUT2D eigenvalue weighted by Gasteiger charge is -2.12. The summed E-state index contributed by atoms with van der Waals surface area (Å²) in [5.41, 5.74) is 6.49. The van der Waals surface area contributed by atoms with Gasteiger partial charge in [0, 0.05) is 5.02 Å². The smallest absolute Gasteiger partial charge is 0.277 e. The lowest BCUT2D eigenvalue weighted by atomic mass is 10.1. The molecule has 0 aliphatic heterocycles. The first kappa shape index (κ1) is 17.0. The van der Waals surface area contributed by atoms with E-state index < -0.39 is 0 Å². The molecular weight excluding hydrogens is 312 g/mol. The number of halogens is 1. The molecule has 0 heterocycles. The average Bonchev–Trinajstić information content (AvgIpc) is 2.48. The molecule has 0 saturated heterocycles. The van der Waals surface area contributed by atoms with Gasteiger partial charge in [0.25, 0.3) is 5.91 Å². The number of aryl methyl sites for hydroxylation is 3. The Balaban J connectivity index is 1.87. The third-order valence-corrected chi connectivity index (χ3v) is 3.48. The van der Waals surface area contributed by atoms with Crippen LogP contribution >= 0.6 is 11.6 Å². The molecule has 0 atom stereocenters. The van der Waals surface area contributed by atoms with Crippen molar-refractivity contribution in [3.63, 3.8) is 0 Å². The lowest BCUT2D eigenvalue weighted by molar-refractivity contribution is -0.123. The van der Waals surface area contributed by atoms with E-state index in [1.165, 1.54) is 5.56 Å². The summed E-state index contributed by atoms with van der Waals surface area (Å²) in [6, 6.07) is 11.2. The highest BCUT2D eigenvalue weighted by Gasteiger charge is 2.07. The fraction of sp³-hybridized carbons (Fsp3) is 0.222. The Hall–Kier alpha value is -2.33. The number of carbonyl (C=O) groups is 1. The molecule has 2 aromatic carbocycles. The molecule has 0 spiro atoms. The first-order chi connectivity index (χ1) is 11.0. The second kappa shape index (κ2) is 7.79. The Kier molecular flexibility index (Phi) is 5.77. The molecule has 2 aromatic rings. The minimum atomic E-state index is -0.311. The van der Waals surface area contributed by atoms with Gasteiger partial charge in [-0.15, -0.1) is 0 Å². The number of nitrogens with one attached hydrogen (secondary N) is 1. The number of nitrogens with zero attached hydrogens (tertiary/aromatic N) is 1. The van der Waals surface area contributed by atoms with Crippen LogP contribution in [0.25, 0.3) is 0 Å². The van der Waals surface area contributed by atoms with Crippen LogP contribution in [0.2, 0.25) is 5.02 Å². The quantitative estimate of drug-likeness (QED) is 0.669. The number of hydrogen-bond acceptors (Lipinski definition) is 3. The van der Waals surface area contributed by atoms with E-state index >= 15 is 0 Å². The van der Waals surface area contributed by atoms with Crippen molar-refractivity contribution in [1.29, 1.82) is 0 Å². The van der Waals surface area contributed by atoms with Crippen molar-refractivity contribution in [2.45, 2.75) is 20.8 Å². The van der Waals surface area contributed by atoms with E-state index in [-0.39, 0.29) is 12.5 Å². The molecule has 23 heavy (non-hydrogen) atoms. The number of benzene rings is 2. The van der Waals surface area contributed by atoms with E-state index in [9.17, 15) is 4.79 Å². The summed E-state index contributed by atoms with van der Waals surface area (Å²) in [4.78, 5) is 11.8. The molecule has 1 N–H and O–H groups in total. The zero-order valence-corrected chi connectivity index (χ0v) is 14.1. The van der Waals surface area contributed by atoms with Crippen molar-refractivity contribution in [1.82, 2.24) is 5.43 Å². The van der Waals surface area contributed by atoms with Crippen molar-refractivity contribution in [3.05, 3.63) is 63.7 Å². The maximum Gasteiger partial charge on any atom is 0.277 e. The number of amides is 1. The molecule has 0 fully saturated rings. The van der Waals surface area contributed by atoms with Crippen molar-refractivity contribution in [3.8, 4) is 5.75 Å². The summed E-state index contributed by atoms with van der Waals surface area (Å²) in [5.74, 6) is 0.432. The predicted molar refractivity (Wildman–Crippen MR) is 93.3 cm³/mol. The van der Waals surface area contributed by atoms with Crippen LogP contribution in [0.4, 0.5) is 0 Å². The van der Waals surface area contributed by atoms with Crippen molar-refractivity contribution in [2.24, 2.45) is 5.10 Å². The Morgan fingerprint density at radius 2 is 1.78 bits per heavy atom. The fourth-order valence-corrected chi connectivity index (χ4v) is 2.42. The van der Waals surface area contributed by atoms with Gasteiger partial charge in [0.15, 0.2) is 6.61 Å². The molecular formula is C18H19ClN2O2. The molecule has 0 bridgehead atoms. The van der Waals surface area contributed by atoms with Crippen LogP contribution in [0.15, 0.2) is 41.5 Å². The summed E-state index contributed by atoms with van der Waals surface area (Å²) < 4.78 is 5.60. The molecule has 0 unspecified atom stereocenters.